The minimum atomic E-state index is -1.94. The number of hydrogen-bond donors (Lipinski definition) is 0. The molecule has 0 aromatic carbocycles. The maximum absolute atomic E-state index is 12.3. The molecule has 1 saturated heterocycles. The molecular weight excluding hydrogens is 320 g/mol. The molecule has 0 aliphatic carbocycles. The third-order valence-corrected chi connectivity index (χ3v) is 9.08. The smallest absolute Gasteiger partial charge is 0.410 e. The fourth-order valence-electron chi connectivity index (χ4n) is 2.23. The summed E-state index contributed by atoms with van der Waals surface area (Å²) < 4.78 is 11.9. The molecule has 0 aromatic heterocycles. The summed E-state index contributed by atoms with van der Waals surface area (Å²) in [6.45, 7) is 17.5. The molecule has 5 nitrogen and oxygen atoms in total. The lowest BCUT2D eigenvalue weighted by atomic mass is 10.0. The van der Waals surface area contributed by atoms with Crippen molar-refractivity contribution in [3.8, 4) is 6.07 Å². The average molecular weight is 353 g/mol. The molecule has 1 aliphatic rings. The molecule has 136 valence electrons. The molecule has 6 heteroatoms. The summed E-state index contributed by atoms with van der Waals surface area (Å²) in [6.07, 6.45) is 1.79. The Morgan fingerprint density at radius 3 is 2.33 bits per heavy atom. The van der Waals surface area contributed by atoms with E-state index in [4.69, 9.17) is 14.4 Å². The second kappa shape index (κ2) is 7.28. The predicted octanol–water partition coefficient (Wildman–Crippen LogP) is 4.47. The monoisotopic (exact) mass is 352 g/mol. The van der Waals surface area contributed by atoms with Crippen LogP contribution >= 0.6 is 0 Å². The summed E-state index contributed by atoms with van der Waals surface area (Å²) in [6, 6.07) is 2.09. The number of ether oxygens (including phenoxy) is 1. The van der Waals surface area contributed by atoms with E-state index in [0.29, 0.717) is 19.5 Å². The van der Waals surface area contributed by atoms with E-state index < -0.39 is 13.9 Å². The molecule has 0 radical (unpaired) electrons. The van der Waals surface area contributed by atoms with E-state index in [9.17, 15) is 4.79 Å². The summed E-state index contributed by atoms with van der Waals surface area (Å²) >= 11 is 0. The minimum Gasteiger partial charge on any atom is -0.444 e. The number of allylic oxidation sites excluding steroid dienone is 1. The van der Waals surface area contributed by atoms with Crippen LogP contribution in [0.3, 0.4) is 0 Å². The van der Waals surface area contributed by atoms with Gasteiger partial charge in [0.1, 0.15) is 5.60 Å². The lowest BCUT2D eigenvalue weighted by molar-refractivity contribution is 0.0195. The molecule has 1 rings (SSSR count). The van der Waals surface area contributed by atoms with Crippen LogP contribution in [0.5, 0.6) is 0 Å². The minimum absolute atomic E-state index is 0.0933. The highest BCUT2D eigenvalue weighted by Crippen LogP contribution is 2.39. The Balaban J connectivity index is 2.87. The zero-order valence-electron chi connectivity index (χ0n) is 16.4. The molecule has 1 aliphatic heterocycles. The summed E-state index contributed by atoms with van der Waals surface area (Å²) in [5, 5.41) is 9.20. The van der Waals surface area contributed by atoms with Gasteiger partial charge in [-0.05, 0) is 50.9 Å². The third kappa shape index (κ3) is 5.64. The van der Waals surface area contributed by atoms with Crippen molar-refractivity contribution in [3.05, 3.63) is 11.6 Å². The van der Waals surface area contributed by atoms with Crippen LogP contribution in [0.15, 0.2) is 11.6 Å². The van der Waals surface area contributed by atoms with Crippen molar-refractivity contribution >= 4 is 14.4 Å². The number of piperidine rings is 1. The van der Waals surface area contributed by atoms with E-state index in [1.165, 1.54) is 6.08 Å². The Bertz CT molecular complexity index is 536. The first-order valence-corrected chi connectivity index (χ1v) is 11.4. The van der Waals surface area contributed by atoms with Crippen LogP contribution in [0.1, 0.15) is 48.0 Å². The Morgan fingerprint density at radius 1 is 1.29 bits per heavy atom. The van der Waals surface area contributed by atoms with Crippen molar-refractivity contribution in [2.75, 3.05) is 13.1 Å². The van der Waals surface area contributed by atoms with E-state index in [0.717, 1.165) is 5.57 Å². The molecular formula is C18H32N2O3Si. The van der Waals surface area contributed by atoms with Crippen molar-refractivity contribution < 1.29 is 14.0 Å². The van der Waals surface area contributed by atoms with Gasteiger partial charge in [-0.15, -0.1) is 0 Å². The van der Waals surface area contributed by atoms with Gasteiger partial charge in [-0.3, -0.25) is 0 Å². The second-order valence-corrected chi connectivity index (χ2v) is 13.7. The largest absolute Gasteiger partial charge is 0.444 e. The van der Waals surface area contributed by atoms with Gasteiger partial charge in [0.25, 0.3) is 0 Å². The number of rotatable bonds is 2. The first kappa shape index (κ1) is 20.7. The molecule has 1 unspecified atom stereocenters. The van der Waals surface area contributed by atoms with Crippen molar-refractivity contribution in [2.24, 2.45) is 0 Å². The second-order valence-electron chi connectivity index (χ2n) is 8.91. The number of carbonyl (C=O) groups is 1. The number of nitriles is 1. The predicted molar refractivity (Wildman–Crippen MR) is 98.2 cm³/mol. The molecule has 0 N–H and O–H groups in total. The molecule has 0 spiro atoms. The van der Waals surface area contributed by atoms with Gasteiger partial charge < -0.3 is 14.1 Å². The van der Waals surface area contributed by atoms with Crippen LogP contribution < -0.4 is 0 Å². The number of amides is 1. The topological polar surface area (TPSA) is 62.6 Å². The fraction of sp³-hybridized carbons (Fsp3) is 0.778. The van der Waals surface area contributed by atoms with Gasteiger partial charge in [0.2, 0.25) is 0 Å². The highest BCUT2D eigenvalue weighted by Gasteiger charge is 2.41. The molecule has 1 heterocycles. The lowest BCUT2D eigenvalue weighted by Crippen LogP contribution is -2.50. The standard InChI is InChI=1S/C18H32N2O3Si/c1-17(2,3)22-16(21)20-12-10-15(14(13-20)9-11-19)23-24(7,8)18(4,5)6/h9,15H,10,12-13H2,1-8H3. The number of likely N-dealkylation sites (tertiary alicyclic amines) is 1. The summed E-state index contributed by atoms with van der Waals surface area (Å²) in [5.41, 5.74) is 0.337. The van der Waals surface area contributed by atoms with Crippen LogP contribution in [-0.4, -0.2) is 44.1 Å². The summed E-state index contributed by atoms with van der Waals surface area (Å²) in [7, 11) is -1.94. The Morgan fingerprint density at radius 2 is 1.88 bits per heavy atom. The third-order valence-electron chi connectivity index (χ3n) is 4.59. The van der Waals surface area contributed by atoms with Crippen molar-refractivity contribution in [2.45, 2.75) is 77.8 Å². The van der Waals surface area contributed by atoms with Crippen LogP contribution in [0.4, 0.5) is 4.79 Å². The van der Waals surface area contributed by atoms with Crippen molar-refractivity contribution in [1.29, 1.82) is 5.26 Å². The van der Waals surface area contributed by atoms with Crippen LogP contribution in [0.25, 0.3) is 0 Å². The number of hydrogen-bond acceptors (Lipinski definition) is 4. The van der Waals surface area contributed by atoms with Crippen LogP contribution in [0, 0.1) is 11.3 Å². The molecule has 0 bridgehead atoms. The van der Waals surface area contributed by atoms with Crippen LogP contribution in [-0.2, 0) is 9.16 Å². The van der Waals surface area contributed by atoms with Crippen molar-refractivity contribution in [1.82, 2.24) is 4.90 Å². The van der Waals surface area contributed by atoms with Gasteiger partial charge in [0.15, 0.2) is 8.32 Å². The van der Waals surface area contributed by atoms with E-state index in [2.05, 4.69) is 39.9 Å². The summed E-state index contributed by atoms with van der Waals surface area (Å²) in [5.74, 6) is 0. The molecule has 1 amide bonds. The van der Waals surface area contributed by atoms with E-state index in [-0.39, 0.29) is 17.2 Å². The lowest BCUT2D eigenvalue weighted by Gasteiger charge is -2.42. The maximum atomic E-state index is 12.3. The zero-order chi connectivity index (χ0) is 18.8. The Labute approximate surface area is 147 Å². The Hall–Kier alpha value is -1.32. The molecule has 0 aromatic rings. The van der Waals surface area contributed by atoms with Crippen molar-refractivity contribution in [3.63, 3.8) is 0 Å². The summed E-state index contributed by atoms with van der Waals surface area (Å²) in [4.78, 5) is 13.9. The number of nitrogens with zero attached hydrogens (tertiary/aromatic N) is 2. The molecule has 0 saturated carbocycles. The molecule has 1 atom stereocenters. The van der Waals surface area contributed by atoms with Gasteiger partial charge in [-0.2, -0.15) is 5.26 Å². The zero-order valence-corrected chi connectivity index (χ0v) is 17.4. The SMILES string of the molecule is CC(C)(C)OC(=O)N1CCC(O[Si](C)(C)C(C)(C)C)C(=CC#N)C1. The van der Waals surface area contributed by atoms with Crippen LogP contribution in [0.2, 0.25) is 18.1 Å². The van der Waals surface area contributed by atoms with E-state index in [1.807, 2.05) is 20.8 Å². The first-order chi connectivity index (χ1) is 10.8. The van der Waals surface area contributed by atoms with Gasteiger partial charge >= 0.3 is 6.09 Å². The van der Waals surface area contributed by atoms with Gasteiger partial charge in [0.05, 0.1) is 12.2 Å². The number of carbonyl (C=O) groups excluding carboxylic acids is 1. The van der Waals surface area contributed by atoms with Gasteiger partial charge in [-0.1, -0.05) is 20.8 Å². The Kier molecular flexibility index (Phi) is 6.29. The quantitative estimate of drug-likeness (QED) is 0.543. The van der Waals surface area contributed by atoms with Gasteiger partial charge in [0, 0.05) is 19.2 Å². The average Bonchev–Trinajstić information content (AvgIpc) is 2.37. The normalized spacial score (nSPS) is 21.5. The maximum Gasteiger partial charge on any atom is 0.410 e. The van der Waals surface area contributed by atoms with Gasteiger partial charge in [-0.25, -0.2) is 4.79 Å². The first-order valence-electron chi connectivity index (χ1n) is 8.51. The molecule has 1 fully saturated rings. The van der Waals surface area contributed by atoms with E-state index >= 15 is 0 Å². The van der Waals surface area contributed by atoms with E-state index in [1.54, 1.807) is 4.90 Å². The molecule has 24 heavy (non-hydrogen) atoms. The fourth-order valence-corrected chi connectivity index (χ4v) is 3.56. The highest BCUT2D eigenvalue weighted by molar-refractivity contribution is 6.74. The highest BCUT2D eigenvalue weighted by atomic mass is 28.4.